The Kier molecular flexibility index (Phi) is 11.6. The summed E-state index contributed by atoms with van der Waals surface area (Å²) in [4.78, 5) is 18.3. The quantitative estimate of drug-likeness (QED) is 0.132. The van der Waals surface area contributed by atoms with Gasteiger partial charge in [0, 0.05) is 74.9 Å². The highest BCUT2D eigenvalue weighted by Gasteiger charge is 2.25. The van der Waals surface area contributed by atoms with E-state index in [1.54, 1.807) is 30.3 Å². The van der Waals surface area contributed by atoms with Gasteiger partial charge in [-0.25, -0.2) is 13.1 Å². The normalized spacial score (nSPS) is 15.5. The summed E-state index contributed by atoms with van der Waals surface area (Å²) in [5.41, 5.74) is 5.41. The summed E-state index contributed by atoms with van der Waals surface area (Å²) in [7, 11) is -4.16. The number of rotatable bonds is 12. The number of ether oxygens (including phenoxy) is 2. The van der Waals surface area contributed by atoms with Crippen molar-refractivity contribution >= 4 is 38.9 Å². The lowest BCUT2D eigenvalue weighted by atomic mass is 9.99. The smallest absolute Gasteiger partial charge is 0.268 e. The van der Waals surface area contributed by atoms with E-state index in [1.165, 1.54) is 23.3 Å². The number of nitrogens with zero attached hydrogens (tertiary/aromatic N) is 2. The molecule has 274 valence electrons. The van der Waals surface area contributed by atoms with E-state index in [9.17, 15) is 13.2 Å². The molecule has 0 aliphatic carbocycles. The van der Waals surface area contributed by atoms with Crippen molar-refractivity contribution < 1.29 is 22.7 Å². The zero-order valence-corrected chi connectivity index (χ0v) is 31.0. The number of hydrogen-bond donors (Lipinski definition) is 2. The molecule has 2 aliphatic heterocycles. The number of nitrogens with one attached hydrogen (secondary N) is 2. The SMILES string of the molecule is O=C(NS(=O)(=O)c1ccc(NCC2CCOCC2)cc1)c1ccc(N2CCN(Cc3ccccc3-c3ccc(Cl)cc3)CC2)cc1Oc1ccccc1. The molecule has 7 rings (SSSR count). The molecule has 0 atom stereocenters. The molecule has 2 N–H and O–H groups in total. The van der Waals surface area contributed by atoms with Crippen molar-refractivity contribution in [2.75, 3.05) is 56.2 Å². The molecule has 2 aliphatic rings. The van der Waals surface area contributed by atoms with E-state index in [0.29, 0.717) is 16.7 Å². The van der Waals surface area contributed by atoms with Crippen molar-refractivity contribution in [2.24, 2.45) is 5.92 Å². The molecule has 2 saturated heterocycles. The molecule has 5 aromatic rings. The monoisotopic (exact) mass is 750 g/mol. The van der Waals surface area contributed by atoms with Gasteiger partial charge in [-0.15, -0.1) is 0 Å². The standard InChI is InChI=1S/C42H43ClN4O5S/c43-34-12-10-32(11-13-34)39-9-5-4-6-33(39)30-46-22-24-47(25-23-46)36-16-19-40(41(28-36)52-37-7-2-1-3-8-37)42(48)45-53(49,50)38-17-14-35(15-18-38)44-29-31-20-26-51-27-21-31/h1-19,28,31,44H,20-27,29-30H2,(H,45,48). The fourth-order valence-corrected chi connectivity index (χ4v) is 7.86. The Morgan fingerprint density at radius 2 is 1.51 bits per heavy atom. The summed E-state index contributed by atoms with van der Waals surface area (Å²) in [6.07, 6.45) is 2.00. The first-order chi connectivity index (χ1) is 25.8. The van der Waals surface area contributed by atoms with Crippen molar-refractivity contribution in [3.8, 4) is 22.6 Å². The number of carbonyl (C=O) groups excluding carboxylic acids is 1. The first-order valence-electron chi connectivity index (χ1n) is 18.0. The maximum atomic E-state index is 13.6. The average molecular weight is 751 g/mol. The maximum absolute atomic E-state index is 13.6. The highest BCUT2D eigenvalue weighted by molar-refractivity contribution is 7.90. The second-order valence-corrected chi connectivity index (χ2v) is 15.5. The van der Waals surface area contributed by atoms with Gasteiger partial charge in [-0.05, 0) is 96.1 Å². The Hall–Kier alpha value is -4.87. The van der Waals surface area contributed by atoms with Crippen molar-refractivity contribution in [3.05, 3.63) is 137 Å². The lowest BCUT2D eigenvalue weighted by Gasteiger charge is -2.36. The largest absolute Gasteiger partial charge is 0.456 e. The van der Waals surface area contributed by atoms with E-state index in [0.717, 1.165) is 82.3 Å². The number of sulfonamides is 1. The summed E-state index contributed by atoms with van der Waals surface area (Å²) < 4.78 is 40.6. The number of hydrogen-bond acceptors (Lipinski definition) is 8. The number of anilines is 2. The third-order valence-corrected chi connectivity index (χ3v) is 11.4. The van der Waals surface area contributed by atoms with Gasteiger partial charge in [0.15, 0.2) is 0 Å². The number of benzene rings is 5. The second kappa shape index (κ2) is 16.9. The number of halogens is 1. The number of amides is 1. The van der Waals surface area contributed by atoms with Crippen molar-refractivity contribution in [3.63, 3.8) is 0 Å². The molecule has 2 heterocycles. The van der Waals surface area contributed by atoms with Crippen LogP contribution in [0.5, 0.6) is 11.5 Å². The third kappa shape index (κ3) is 9.39. The van der Waals surface area contributed by atoms with E-state index in [4.69, 9.17) is 21.1 Å². The fraction of sp³-hybridized carbons (Fsp3) is 0.262. The van der Waals surface area contributed by atoms with Gasteiger partial charge in [-0.2, -0.15) is 0 Å². The molecule has 0 bridgehead atoms. The Labute approximate surface area is 316 Å². The van der Waals surface area contributed by atoms with Gasteiger partial charge >= 0.3 is 0 Å². The summed E-state index contributed by atoms with van der Waals surface area (Å²) >= 11 is 6.14. The molecule has 11 heteroatoms. The van der Waals surface area contributed by atoms with Crippen molar-refractivity contribution in [1.82, 2.24) is 9.62 Å². The molecular formula is C42H43ClN4O5S. The van der Waals surface area contributed by atoms with Crippen LogP contribution in [0.15, 0.2) is 126 Å². The van der Waals surface area contributed by atoms with E-state index in [-0.39, 0.29) is 16.2 Å². The minimum absolute atomic E-state index is 0.00160. The van der Waals surface area contributed by atoms with E-state index in [1.807, 2.05) is 42.5 Å². The van der Waals surface area contributed by atoms with Crippen LogP contribution in [0.3, 0.4) is 0 Å². The van der Waals surface area contributed by atoms with Crippen LogP contribution in [0, 0.1) is 5.92 Å². The molecule has 0 spiro atoms. The van der Waals surface area contributed by atoms with Gasteiger partial charge < -0.3 is 19.7 Å². The minimum Gasteiger partial charge on any atom is -0.456 e. The summed E-state index contributed by atoms with van der Waals surface area (Å²) in [6.45, 7) is 6.37. The van der Waals surface area contributed by atoms with Gasteiger partial charge in [0.2, 0.25) is 0 Å². The Balaban J connectivity index is 1.02. The van der Waals surface area contributed by atoms with Crippen LogP contribution in [0.1, 0.15) is 28.8 Å². The molecule has 5 aromatic carbocycles. The second-order valence-electron chi connectivity index (χ2n) is 13.4. The zero-order valence-electron chi connectivity index (χ0n) is 29.4. The van der Waals surface area contributed by atoms with E-state index >= 15 is 0 Å². The van der Waals surface area contributed by atoms with Crippen LogP contribution in [-0.2, 0) is 21.3 Å². The van der Waals surface area contributed by atoms with Gasteiger partial charge in [0.05, 0.1) is 10.5 Å². The predicted octanol–water partition coefficient (Wildman–Crippen LogP) is 8.08. The summed E-state index contributed by atoms with van der Waals surface area (Å²) in [5.74, 6) is 0.556. The lowest BCUT2D eigenvalue weighted by Crippen LogP contribution is -2.46. The maximum Gasteiger partial charge on any atom is 0.268 e. The Bertz CT molecular complexity index is 2100. The van der Waals surface area contributed by atoms with Crippen LogP contribution in [-0.4, -0.2) is 65.2 Å². The molecule has 0 saturated carbocycles. The molecule has 2 fully saturated rings. The Morgan fingerprint density at radius 3 is 2.25 bits per heavy atom. The van der Waals surface area contributed by atoms with Crippen LogP contribution in [0.4, 0.5) is 11.4 Å². The first kappa shape index (κ1) is 36.5. The molecule has 9 nitrogen and oxygen atoms in total. The number of carbonyl (C=O) groups is 1. The van der Waals surface area contributed by atoms with E-state index in [2.05, 4.69) is 56.2 Å². The first-order valence-corrected chi connectivity index (χ1v) is 19.8. The third-order valence-electron chi connectivity index (χ3n) is 9.81. The van der Waals surface area contributed by atoms with Crippen molar-refractivity contribution in [1.29, 1.82) is 0 Å². The van der Waals surface area contributed by atoms with Crippen LogP contribution >= 0.6 is 11.6 Å². The van der Waals surface area contributed by atoms with Gasteiger partial charge in [0.1, 0.15) is 11.5 Å². The van der Waals surface area contributed by atoms with Crippen molar-refractivity contribution in [2.45, 2.75) is 24.3 Å². The zero-order chi connectivity index (χ0) is 36.6. The predicted molar refractivity (Wildman–Crippen MR) is 210 cm³/mol. The number of piperazine rings is 1. The van der Waals surface area contributed by atoms with Crippen LogP contribution in [0.25, 0.3) is 11.1 Å². The summed E-state index contributed by atoms with van der Waals surface area (Å²) in [5, 5.41) is 4.10. The number of para-hydroxylation sites is 1. The van der Waals surface area contributed by atoms with E-state index < -0.39 is 15.9 Å². The molecule has 53 heavy (non-hydrogen) atoms. The molecular weight excluding hydrogens is 708 g/mol. The highest BCUT2D eigenvalue weighted by Crippen LogP contribution is 2.32. The molecule has 1 amide bonds. The molecule has 0 radical (unpaired) electrons. The summed E-state index contributed by atoms with van der Waals surface area (Å²) in [6, 6.07) is 37.3. The van der Waals surface area contributed by atoms with Crippen LogP contribution in [0.2, 0.25) is 5.02 Å². The van der Waals surface area contributed by atoms with Gasteiger partial charge in [-0.1, -0.05) is 66.2 Å². The average Bonchev–Trinajstić information content (AvgIpc) is 3.19. The topological polar surface area (TPSA) is 100 Å². The highest BCUT2D eigenvalue weighted by atomic mass is 35.5. The fourth-order valence-electron chi connectivity index (χ4n) is 6.77. The van der Waals surface area contributed by atoms with Gasteiger partial charge in [0.25, 0.3) is 15.9 Å². The molecule has 0 aromatic heterocycles. The molecule has 0 unspecified atom stereocenters. The minimum atomic E-state index is -4.16. The van der Waals surface area contributed by atoms with Crippen LogP contribution < -0.4 is 19.7 Å². The van der Waals surface area contributed by atoms with Gasteiger partial charge in [-0.3, -0.25) is 9.69 Å². The lowest BCUT2D eigenvalue weighted by molar-refractivity contribution is 0.0699. The Morgan fingerprint density at radius 1 is 0.811 bits per heavy atom.